The van der Waals surface area contributed by atoms with Crippen LogP contribution in [-0.4, -0.2) is 11.0 Å². The van der Waals surface area contributed by atoms with Gasteiger partial charge in [-0.2, -0.15) is 0 Å². The SMILES string of the molecule is Cc1ccc(C/[N+]([O-])=C/c2ccccc2)cc1. The van der Waals surface area contributed by atoms with Crippen LogP contribution >= 0.6 is 0 Å². The van der Waals surface area contributed by atoms with Crippen LogP contribution in [-0.2, 0) is 6.54 Å². The van der Waals surface area contributed by atoms with Crippen molar-refractivity contribution in [1.82, 2.24) is 0 Å². The first-order valence-electron chi connectivity index (χ1n) is 5.63. The van der Waals surface area contributed by atoms with Crippen LogP contribution in [0.3, 0.4) is 0 Å². The second-order valence-corrected chi connectivity index (χ2v) is 4.10. The molecule has 2 rings (SSSR count). The van der Waals surface area contributed by atoms with E-state index in [0.717, 1.165) is 15.9 Å². The van der Waals surface area contributed by atoms with E-state index in [1.54, 1.807) is 6.21 Å². The van der Waals surface area contributed by atoms with Crippen molar-refractivity contribution >= 4 is 6.21 Å². The van der Waals surface area contributed by atoms with Crippen LogP contribution in [0.2, 0.25) is 0 Å². The summed E-state index contributed by atoms with van der Waals surface area (Å²) >= 11 is 0. The average Bonchev–Trinajstić information content (AvgIpc) is 2.33. The molecule has 2 nitrogen and oxygen atoms in total. The van der Waals surface area contributed by atoms with Crippen molar-refractivity contribution in [3.05, 3.63) is 76.5 Å². The number of rotatable bonds is 3. The van der Waals surface area contributed by atoms with Crippen LogP contribution in [0.1, 0.15) is 16.7 Å². The highest BCUT2D eigenvalue weighted by Gasteiger charge is 1.98. The zero-order valence-electron chi connectivity index (χ0n) is 9.84. The summed E-state index contributed by atoms with van der Waals surface area (Å²) in [5.41, 5.74) is 3.16. The van der Waals surface area contributed by atoms with Gasteiger partial charge in [-0.3, -0.25) is 0 Å². The molecule has 0 aliphatic heterocycles. The molecule has 0 unspecified atom stereocenters. The molecule has 0 radical (unpaired) electrons. The van der Waals surface area contributed by atoms with Crippen LogP contribution in [0.4, 0.5) is 0 Å². The molecule has 2 aromatic rings. The van der Waals surface area contributed by atoms with E-state index in [-0.39, 0.29) is 0 Å². The van der Waals surface area contributed by atoms with Gasteiger partial charge in [0.25, 0.3) is 0 Å². The minimum atomic E-state index is 0.384. The molecule has 2 heteroatoms. The maximum atomic E-state index is 11.7. The molecule has 0 bridgehead atoms. The summed E-state index contributed by atoms with van der Waals surface area (Å²) in [6.45, 7) is 2.42. The third-order valence-corrected chi connectivity index (χ3v) is 2.55. The van der Waals surface area contributed by atoms with E-state index >= 15 is 0 Å². The van der Waals surface area contributed by atoms with E-state index in [2.05, 4.69) is 0 Å². The van der Waals surface area contributed by atoms with Gasteiger partial charge in [0.1, 0.15) is 0 Å². The summed E-state index contributed by atoms with van der Waals surface area (Å²) in [7, 11) is 0. The molecule has 0 aromatic heterocycles. The van der Waals surface area contributed by atoms with Gasteiger partial charge in [-0.25, -0.2) is 4.74 Å². The van der Waals surface area contributed by atoms with E-state index in [9.17, 15) is 5.21 Å². The predicted octanol–water partition coefficient (Wildman–Crippen LogP) is 3.12. The first-order valence-corrected chi connectivity index (χ1v) is 5.63. The maximum Gasteiger partial charge on any atom is 0.182 e. The highest BCUT2D eigenvalue weighted by Crippen LogP contribution is 2.04. The van der Waals surface area contributed by atoms with E-state index in [4.69, 9.17) is 0 Å². The van der Waals surface area contributed by atoms with Crippen LogP contribution in [0.25, 0.3) is 0 Å². The Balaban J connectivity index is 2.09. The van der Waals surface area contributed by atoms with Crippen LogP contribution in [0, 0.1) is 12.1 Å². The van der Waals surface area contributed by atoms with Gasteiger partial charge in [0.2, 0.25) is 0 Å². The Bertz CT molecular complexity index is 500. The highest BCUT2D eigenvalue weighted by molar-refractivity contribution is 5.75. The second kappa shape index (κ2) is 5.30. The van der Waals surface area contributed by atoms with Gasteiger partial charge in [0.15, 0.2) is 12.8 Å². The Labute approximate surface area is 101 Å². The molecule has 0 saturated carbocycles. The highest BCUT2D eigenvalue weighted by atomic mass is 16.5. The molecule has 0 aliphatic rings. The zero-order valence-corrected chi connectivity index (χ0v) is 9.84. The number of hydrogen-bond acceptors (Lipinski definition) is 1. The van der Waals surface area contributed by atoms with Crippen molar-refractivity contribution in [2.45, 2.75) is 13.5 Å². The molecule has 0 amide bonds. The van der Waals surface area contributed by atoms with Crippen LogP contribution < -0.4 is 0 Å². The molecule has 0 aliphatic carbocycles. The van der Waals surface area contributed by atoms with Crippen molar-refractivity contribution in [1.29, 1.82) is 0 Å². The Morgan fingerprint density at radius 1 is 1.00 bits per heavy atom. The third-order valence-electron chi connectivity index (χ3n) is 2.55. The quantitative estimate of drug-likeness (QED) is 0.341. The van der Waals surface area contributed by atoms with Gasteiger partial charge in [-0.15, -0.1) is 0 Å². The molecule has 86 valence electrons. The fourth-order valence-corrected chi connectivity index (χ4v) is 1.62. The third kappa shape index (κ3) is 3.45. The van der Waals surface area contributed by atoms with Gasteiger partial charge < -0.3 is 5.21 Å². The second-order valence-electron chi connectivity index (χ2n) is 4.10. The van der Waals surface area contributed by atoms with Gasteiger partial charge in [0, 0.05) is 11.1 Å². The lowest BCUT2D eigenvalue weighted by Crippen LogP contribution is -2.05. The molecule has 0 heterocycles. The van der Waals surface area contributed by atoms with E-state index in [0.29, 0.717) is 6.54 Å². The predicted molar refractivity (Wildman–Crippen MR) is 70.1 cm³/mol. The number of nitrogens with zero attached hydrogens (tertiary/aromatic N) is 1. The number of aryl methyl sites for hydroxylation is 1. The Kier molecular flexibility index (Phi) is 3.55. The Morgan fingerprint density at radius 2 is 1.65 bits per heavy atom. The van der Waals surface area contributed by atoms with Gasteiger partial charge in [-0.05, 0) is 19.1 Å². The number of benzene rings is 2. The smallest absolute Gasteiger partial charge is 0.182 e. The van der Waals surface area contributed by atoms with Crippen molar-refractivity contribution in [2.24, 2.45) is 0 Å². The maximum absolute atomic E-state index is 11.7. The molecule has 0 N–H and O–H groups in total. The van der Waals surface area contributed by atoms with Crippen molar-refractivity contribution < 1.29 is 4.74 Å². The standard InChI is InChI=1S/C15H15NO/c1-13-7-9-15(10-8-13)12-16(17)11-14-5-3-2-4-6-14/h2-11H,12H2,1H3/b16-11-. The summed E-state index contributed by atoms with van der Waals surface area (Å²) in [4.78, 5) is 0. The summed E-state index contributed by atoms with van der Waals surface area (Å²) < 4.78 is 0.958. The summed E-state index contributed by atoms with van der Waals surface area (Å²) in [6, 6.07) is 17.6. The molecule has 2 aromatic carbocycles. The molecular weight excluding hydrogens is 210 g/mol. The van der Waals surface area contributed by atoms with Crippen LogP contribution in [0.5, 0.6) is 0 Å². The van der Waals surface area contributed by atoms with E-state index in [1.165, 1.54) is 5.56 Å². The fraction of sp³-hybridized carbons (Fsp3) is 0.133. The van der Waals surface area contributed by atoms with Crippen molar-refractivity contribution in [3.8, 4) is 0 Å². The number of hydrogen-bond donors (Lipinski definition) is 0. The van der Waals surface area contributed by atoms with E-state index in [1.807, 2.05) is 61.5 Å². The molecule has 0 spiro atoms. The van der Waals surface area contributed by atoms with Crippen molar-refractivity contribution in [2.75, 3.05) is 0 Å². The Hall–Kier alpha value is -2.09. The van der Waals surface area contributed by atoms with Gasteiger partial charge in [-0.1, -0.05) is 48.0 Å². The van der Waals surface area contributed by atoms with E-state index < -0.39 is 0 Å². The summed E-state index contributed by atoms with van der Waals surface area (Å²) in [5.74, 6) is 0. The molecule has 0 fully saturated rings. The monoisotopic (exact) mass is 225 g/mol. The minimum absolute atomic E-state index is 0.384. The topological polar surface area (TPSA) is 26.1 Å². The van der Waals surface area contributed by atoms with Crippen LogP contribution in [0.15, 0.2) is 54.6 Å². The van der Waals surface area contributed by atoms with Gasteiger partial charge >= 0.3 is 0 Å². The first-order chi connectivity index (χ1) is 8.24. The Morgan fingerprint density at radius 3 is 2.29 bits per heavy atom. The number of hydroxylamine groups is 1. The minimum Gasteiger partial charge on any atom is -0.624 e. The molecule has 0 atom stereocenters. The largest absolute Gasteiger partial charge is 0.624 e. The first kappa shape index (κ1) is 11.4. The molecule has 17 heavy (non-hydrogen) atoms. The summed E-state index contributed by atoms with van der Waals surface area (Å²) in [6.07, 6.45) is 1.61. The van der Waals surface area contributed by atoms with Gasteiger partial charge in [0.05, 0.1) is 0 Å². The fourth-order valence-electron chi connectivity index (χ4n) is 1.62. The normalized spacial score (nSPS) is 11.5. The molecular formula is C15H15NO. The average molecular weight is 225 g/mol. The lowest BCUT2D eigenvalue weighted by molar-refractivity contribution is -0.469. The summed E-state index contributed by atoms with van der Waals surface area (Å²) in [5, 5.41) is 11.7. The lowest BCUT2D eigenvalue weighted by atomic mass is 10.1. The molecule has 0 saturated heterocycles. The zero-order chi connectivity index (χ0) is 12.1. The van der Waals surface area contributed by atoms with Crippen molar-refractivity contribution in [3.63, 3.8) is 0 Å². The lowest BCUT2D eigenvalue weighted by Gasteiger charge is -2.04.